The average molecular weight is 333 g/mol. The first kappa shape index (κ1) is 15.0. The van der Waals surface area contributed by atoms with Crippen LogP contribution in [0, 0.1) is 0 Å². The van der Waals surface area contributed by atoms with Crippen LogP contribution in [0.1, 0.15) is 21.3 Å². The quantitative estimate of drug-likeness (QED) is 0.661. The molecule has 4 rings (SSSR count). The number of benzene rings is 3. The average Bonchev–Trinajstić information content (AvgIpc) is 2.66. The Morgan fingerprint density at radius 2 is 1.38 bits per heavy atom. The van der Waals surface area contributed by atoms with Gasteiger partial charge < -0.3 is 4.55 Å². The van der Waals surface area contributed by atoms with Crippen molar-refractivity contribution in [1.82, 2.24) is 0 Å². The summed E-state index contributed by atoms with van der Waals surface area (Å²) in [4.78, 5) is 15.4. The zero-order valence-electron chi connectivity index (χ0n) is 12.8. The number of hydrogen-bond donors (Lipinski definition) is 0. The first-order chi connectivity index (χ1) is 11.8. The van der Waals surface area contributed by atoms with Crippen LogP contribution in [0.4, 0.5) is 5.69 Å². The van der Waals surface area contributed by atoms with Crippen molar-refractivity contribution in [2.45, 2.75) is 10.3 Å². The third-order valence-corrected chi connectivity index (χ3v) is 5.79. The van der Waals surface area contributed by atoms with Crippen LogP contribution in [0.3, 0.4) is 0 Å². The van der Waals surface area contributed by atoms with E-state index in [1.165, 1.54) is 0 Å². The molecule has 1 heterocycles. The SMILES string of the molecule is O=C1c2ccccc2[S+]([O-])C(c2ccccc2)N1c1ccccc1. The second kappa shape index (κ2) is 6.15. The Balaban J connectivity index is 1.93. The van der Waals surface area contributed by atoms with Gasteiger partial charge in [0.2, 0.25) is 5.37 Å². The van der Waals surface area contributed by atoms with Crippen LogP contribution in [0.15, 0.2) is 89.8 Å². The molecule has 1 amide bonds. The van der Waals surface area contributed by atoms with Gasteiger partial charge in [0, 0.05) is 22.4 Å². The van der Waals surface area contributed by atoms with E-state index in [0.29, 0.717) is 10.5 Å². The maximum Gasteiger partial charge on any atom is 0.267 e. The molecule has 118 valence electrons. The van der Waals surface area contributed by atoms with Crippen LogP contribution in [-0.4, -0.2) is 10.5 Å². The standard InChI is InChI=1S/C20H15NO2S/c22-19-17-13-7-8-14-18(17)24(23)20(15-9-3-1-4-10-15)21(19)16-11-5-2-6-12-16/h1-14,20H. The van der Waals surface area contributed by atoms with Gasteiger partial charge in [-0.1, -0.05) is 60.7 Å². The van der Waals surface area contributed by atoms with E-state index in [1.807, 2.05) is 66.7 Å². The monoisotopic (exact) mass is 333 g/mol. The number of nitrogens with zero attached hydrogens (tertiary/aromatic N) is 1. The lowest BCUT2D eigenvalue weighted by molar-refractivity contribution is 0.0976. The molecule has 2 unspecified atom stereocenters. The third-order valence-electron chi connectivity index (χ3n) is 4.11. The lowest BCUT2D eigenvalue weighted by Gasteiger charge is -2.37. The summed E-state index contributed by atoms with van der Waals surface area (Å²) in [5.41, 5.74) is 2.12. The zero-order valence-corrected chi connectivity index (χ0v) is 13.6. The summed E-state index contributed by atoms with van der Waals surface area (Å²) < 4.78 is 13.3. The fraction of sp³-hybridized carbons (Fsp3) is 0.0500. The molecule has 3 aromatic carbocycles. The molecule has 0 radical (unpaired) electrons. The van der Waals surface area contributed by atoms with E-state index in [-0.39, 0.29) is 5.91 Å². The highest BCUT2D eigenvalue weighted by molar-refractivity contribution is 7.92. The van der Waals surface area contributed by atoms with Crippen LogP contribution in [-0.2, 0) is 11.2 Å². The second-order valence-corrected chi connectivity index (χ2v) is 7.05. The molecule has 0 spiro atoms. The van der Waals surface area contributed by atoms with Crippen LogP contribution < -0.4 is 4.90 Å². The Bertz CT molecular complexity index is 867. The molecule has 0 saturated heterocycles. The molecule has 3 nitrogen and oxygen atoms in total. The normalized spacial score (nSPS) is 19.9. The molecule has 2 atom stereocenters. The Morgan fingerprint density at radius 3 is 2.08 bits per heavy atom. The van der Waals surface area contributed by atoms with E-state index in [9.17, 15) is 9.35 Å². The largest absolute Gasteiger partial charge is 0.609 e. The van der Waals surface area contributed by atoms with Crippen LogP contribution in [0.2, 0.25) is 0 Å². The highest BCUT2D eigenvalue weighted by Crippen LogP contribution is 2.41. The van der Waals surface area contributed by atoms with Gasteiger partial charge in [-0.05, 0) is 24.3 Å². The lowest BCUT2D eigenvalue weighted by atomic mass is 10.1. The summed E-state index contributed by atoms with van der Waals surface area (Å²) in [6.07, 6.45) is 0. The summed E-state index contributed by atoms with van der Waals surface area (Å²) in [5.74, 6) is -0.120. The molecule has 4 heteroatoms. The van der Waals surface area contributed by atoms with E-state index >= 15 is 0 Å². The number of carbonyl (C=O) groups is 1. The van der Waals surface area contributed by atoms with Gasteiger partial charge in [0.1, 0.15) is 0 Å². The molecule has 0 bridgehead atoms. The first-order valence-corrected chi connectivity index (χ1v) is 8.92. The first-order valence-electron chi connectivity index (χ1n) is 7.70. The van der Waals surface area contributed by atoms with E-state index < -0.39 is 16.5 Å². The van der Waals surface area contributed by atoms with Gasteiger partial charge in [-0.15, -0.1) is 0 Å². The molecule has 1 aliphatic heterocycles. The number of fused-ring (bicyclic) bond motifs is 1. The number of amides is 1. The van der Waals surface area contributed by atoms with Gasteiger partial charge in [-0.3, -0.25) is 9.69 Å². The van der Waals surface area contributed by atoms with Crippen LogP contribution in [0.25, 0.3) is 0 Å². The van der Waals surface area contributed by atoms with Crippen molar-refractivity contribution in [1.29, 1.82) is 0 Å². The number of para-hydroxylation sites is 1. The van der Waals surface area contributed by atoms with Crippen molar-refractivity contribution in [3.8, 4) is 0 Å². The van der Waals surface area contributed by atoms with E-state index in [4.69, 9.17) is 0 Å². The van der Waals surface area contributed by atoms with Crippen molar-refractivity contribution in [2.75, 3.05) is 4.90 Å². The molecule has 3 aromatic rings. The topological polar surface area (TPSA) is 43.4 Å². The molecule has 0 aromatic heterocycles. The van der Waals surface area contributed by atoms with E-state index in [1.54, 1.807) is 23.1 Å². The van der Waals surface area contributed by atoms with Gasteiger partial charge in [-0.2, -0.15) is 0 Å². The Labute approximate surface area is 143 Å². The van der Waals surface area contributed by atoms with Gasteiger partial charge in [0.15, 0.2) is 4.90 Å². The lowest BCUT2D eigenvalue weighted by Crippen LogP contribution is -2.44. The number of anilines is 1. The Hall–Kier alpha value is -2.56. The molecule has 24 heavy (non-hydrogen) atoms. The summed E-state index contributed by atoms with van der Waals surface area (Å²) in [5, 5.41) is -0.531. The number of carbonyl (C=O) groups excluding carboxylic acids is 1. The van der Waals surface area contributed by atoms with E-state index in [2.05, 4.69) is 0 Å². The fourth-order valence-electron chi connectivity index (χ4n) is 3.00. The predicted molar refractivity (Wildman–Crippen MR) is 95.3 cm³/mol. The number of rotatable bonds is 2. The smallest absolute Gasteiger partial charge is 0.267 e. The highest BCUT2D eigenvalue weighted by atomic mass is 32.2. The maximum absolute atomic E-state index is 13.3. The van der Waals surface area contributed by atoms with Gasteiger partial charge in [-0.25, -0.2) is 0 Å². The summed E-state index contributed by atoms with van der Waals surface area (Å²) in [6, 6.07) is 26.1. The summed E-state index contributed by atoms with van der Waals surface area (Å²) in [7, 11) is 0. The van der Waals surface area contributed by atoms with Gasteiger partial charge in [0.05, 0.1) is 5.56 Å². The summed E-state index contributed by atoms with van der Waals surface area (Å²) in [6.45, 7) is 0. The predicted octanol–water partition coefficient (Wildman–Crippen LogP) is 4.15. The Kier molecular flexibility index (Phi) is 3.84. The number of hydrogen-bond acceptors (Lipinski definition) is 2. The maximum atomic E-state index is 13.3. The summed E-state index contributed by atoms with van der Waals surface area (Å²) >= 11 is -1.35. The van der Waals surface area contributed by atoms with Crippen molar-refractivity contribution in [3.05, 3.63) is 96.1 Å². The minimum absolute atomic E-state index is 0.120. The van der Waals surface area contributed by atoms with Crippen molar-refractivity contribution in [2.24, 2.45) is 0 Å². The van der Waals surface area contributed by atoms with Gasteiger partial charge >= 0.3 is 0 Å². The third kappa shape index (κ3) is 2.40. The molecule has 0 N–H and O–H groups in total. The van der Waals surface area contributed by atoms with Crippen molar-refractivity contribution in [3.63, 3.8) is 0 Å². The van der Waals surface area contributed by atoms with E-state index in [0.717, 1.165) is 11.3 Å². The van der Waals surface area contributed by atoms with Crippen LogP contribution in [0.5, 0.6) is 0 Å². The minimum atomic E-state index is -1.35. The van der Waals surface area contributed by atoms with Crippen molar-refractivity contribution < 1.29 is 9.35 Å². The molecule has 1 aliphatic rings. The molecule has 0 saturated carbocycles. The fourth-order valence-corrected chi connectivity index (χ4v) is 4.64. The van der Waals surface area contributed by atoms with Gasteiger partial charge in [0.25, 0.3) is 5.91 Å². The molecule has 0 aliphatic carbocycles. The highest BCUT2D eigenvalue weighted by Gasteiger charge is 2.44. The molecule has 0 fully saturated rings. The minimum Gasteiger partial charge on any atom is -0.609 e. The molecular formula is C20H15NO2S. The Morgan fingerprint density at radius 1 is 0.792 bits per heavy atom. The van der Waals surface area contributed by atoms with Crippen LogP contribution >= 0.6 is 0 Å². The van der Waals surface area contributed by atoms with Crippen molar-refractivity contribution >= 4 is 22.8 Å². The molecular weight excluding hydrogens is 318 g/mol. The zero-order chi connectivity index (χ0) is 16.5. The second-order valence-electron chi connectivity index (χ2n) is 5.57.